The fraction of sp³-hybridized carbons (Fsp3) is 0.545. The van der Waals surface area contributed by atoms with Crippen molar-refractivity contribution in [3.63, 3.8) is 0 Å². The summed E-state index contributed by atoms with van der Waals surface area (Å²) in [7, 11) is 0. The van der Waals surface area contributed by atoms with E-state index in [4.69, 9.17) is 14.2 Å². The molecule has 1 fully saturated rings. The van der Waals surface area contributed by atoms with E-state index < -0.39 is 66.3 Å². The predicted octanol–water partition coefficient (Wildman–Crippen LogP) is 1.79. The number of carbonyl (C=O) groups excluding carboxylic acids is 3. The predicted molar refractivity (Wildman–Crippen MR) is 166 cm³/mol. The lowest BCUT2D eigenvalue weighted by Gasteiger charge is -2.40. The molecule has 2 aromatic carbocycles. The molecule has 0 aliphatic carbocycles. The summed E-state index contributed by atoms with van der Waals surface area (Å²) in [4.78, 5) is 39.5. The highest BCUT2D eigenvalue weighted by Gasteiger charge is 2.44. The van der Waals surface area contributed by atoms with Gasteiger partial charge in [0.15, 0.2) is 6.29 Å². The molecular formula is C33H47N3O9. The summed E-state index contributed by atoms with van der Waals surface area (Å²) >= 11 is 0. The number of alkyl carbamates (subject to hydrolysis) is 1. The van der Waals surface area contributed by atoms with E-state index in [0.717, 1.165) is 11.1 Å². The Morgan fingerprint density at radius 2 is 1.42 bits per heavy atom. The van der Waals surface area contributed by atoms with Gasteiger partial charge in [-0.25, -0.2) is 4.79 Å². The van der Waals surface area contributed by atoms with Gasteiger partial charge in [0.25, 0.3) is 0 Å². The van der Waals surface area contributed by atoms with Gasteiger partial charge in [-0.2, -0.15) is 0 Å². The lowest BCUT2D eigenvalue weighted by Crippen LogP contribution is -2.61. The number of carbonyl (C=O) groups is 3. The van der Waals surface area contributed by atoms with Crippen molar-refractivity contribution in [3.05, 3.63) is 71.8 Å². The van der Waals surface area contributed by atoms with Crippen LogP contribution in [0.25, 0.3) is 0 Å². The van der Waals surface area contributed by atoms with E-state index in [1.807, 2.05) is 74.5 Å². The van der Waals surface area contributed by atoms with Crippen LogP contribution in [-0.4, -0.2) is 88.2 Å². The SMILES string of the molecule is CC(C)C[C@H](NC(=O)[C@H](Cc1ccccc1)NC(=O)OC(C)(C)C)C(=O)NC[C@H]1O[C@@H](OCc2ccccc2)[C@H](O)[C@@H](O)[C@@H]1O. The summed E-state index contributed by atoms with van der Waals surface area (Å²) in [5.74, 6) is -1.12. The van der Waals surface area contributed by atoms with Crippen molar-refractivity contribution in [2.24, 2.45) is 5.92 Å². The van der Waals surface area contributed by atoms with Crippen LogP contribution >= 0.6 is 0 Å². The van der Waals surface area contributed by atoms with Crippen LogP contribution in [0.5, 0.6) is 0 Å². The van der Waals surface area contributed by atoms with Crippen LogP contribution in [0.15, 0.2) is 60.7 Å². The van der Waals surface area contributed by atoms with Crippen LogP contribution in [-0.2, 0) is 36.8 Å². The Hall–Kier alpha value is -3.55. The minimum atomic E-state index is -1.58. The first-order valence-electron chi connectivity index (χ1n) is 15.2. The number of hydrogen-bond acceptors (Lipinski definition) is 9. The zero-order chi connectivity index (χ0) is 33.1. The summed E-state index contributed by atoms with van der Waals surface area (Å²) in [6, 6.07) is 16.3. The van der Waals surface area contributed by atoms with Gasteiger partial charge >= 0.3 is 6.09 Å². The van der Waals surface area contributed by atoms with Crippen molar-refractivity contribution in [2.45, 2.75) is 102 Å². The van der Waals surface area contributed by atoms with Crippen LogP contribution < -0.4 is 16.0 Å². The van der Waals surface area contributed by atoms with E-state index in [1.54, 1.807) is 20.8 Å². The fourth-order valence-corrected chi connectivity index (χ4v) is 4.78. The largest absolute Gasteiger partial charge is 0.444 e. The first-order chi connectivity index (χ1) is 21.2. The van der Waals surface area contributed by atoms with Crippen molar-refractivity contribution < 1.29 is 43.9 Å². The topological polar surface area (TPSA) is 176 Å². The quantitative estimate of drug-likeness (QED) is 0.193. The monoisotopic (exact) mass is 629 g/mol. The van der Waals surface area contributed by atoms with Crippen molar-refractivity contribution in [1.29, 1.82) is 0 Å². The second-order valence-corrected chi connectivity index (χ2v) is 12.6. The summed E-state index contributed by atoms with van der Waals surface area (Å²) in [5.41, 5.74) is 0.836. The van der Waals surface area contributed by atoms with Crippen molar-refractivity contribution >= 4 is 17.9 Å². The van der Waals surface area contributed by atoms with Gasteiger partial charge in [-0.3, -0.25) is 9.59 Å². The number of nitrogens with one attached hydrogen (secondary N) is 3. The standard InChI is InChI=1S/C33H47N3O9/c1-20(2)16-23(35-30(41)24(17-21-12-8-6-9-13-21)36-32(42)45-33(3,4)5)29(40)34-18-25-26(37)27(38)28(39)31(44-25)43-19-22-14-10-7-11-15-22/h6-15,20,23-28,31,37-39H,16-19H2,1-5H3,(H,34,40)(H,35,41)(H,36,42)/t23-,24-,25+,26+,27-,28+,31+/m0/s1. The van der Waals surface area contributed by atoms with Gasteiger partial charge < -0.3 is 45.5 Å². The number of rotatable bonds is 13. The normalized spacial score (nSPS) is 23.1. The Labute approximate surface area is 264 Å². The minimum absolute atomic E-state index is 0.0108. The molecule has 0 radical (unpaired) electrons. The molecule has 6 N–H and O–H groups in total. The van der Waals surface area contributed by atoms with Crippen LogP contribution in [0.1, 0.15) is 52.2 Å². The van der Waals surface area contributed by atoms with Crippen molar-refractivity contribution in [1.82, 2.24) is 16.0 Å². The van der Waals surface area contributed by atoms with Gasteiger partial charge in [0, 0.05) is 13.0 Å². The molecule has 2 aromatic rings. The van der Waals surface area contributed by atoms with E-state index in [1.165, 1.54) is 0 Å². The molecule has 12 nitrogen and oxygen atoms in total. The number of hydrogen-bond donors (Lipinski definition) is 6. The van der Waals surface area contributed by atoms with E-state index in [-0.39, 0.29) is 31.9 Å². The van der Waals surface area contributed by atoms with Gasteiger partial charge in [0.05, 0.1) is 6.61 Å². The maximum Gasteiger partial charge on any atom is 0.408 e. The Morgan fingerprint density at radius 3 is 2.00 bits per heavy atom. The zero-order valence-corrected chi connectivity index (χ0v) is 26.5. The molecular weight excluding hydrogens is 582 g/mol. The first-order valence-corrected chi connectivity index (χ1v) is 15.2. The molecule has 1 heterocycles. The maximum atomic E-state index is 13.5. The number of aliphatic hydroxyl groups is 3. The summed E-state index contributed by atoms with van der Waals surface area (Å²) in [5, 5.41) is 39.5. The third-order valence-corrected chi connectivity index (χ3v) is 7.03. The molecule has 0 aromatic heterocycles. The highest BCUT2D eigenvalue weighted by molar-refractivity contribution is 5.91. The van der Waals surface area contributed by atoms with Gasteiger partial charge in [-0.15, -0.1) is 0 Å². The summed E-state index contributed by atoms with van der Waals surface area (Å²) in [6.07, 6.45) is -7.29. The molecule has 3 rings (SSSR count). The van der Waals surface area contributed by atoms with Gasteiger partial charge in [0.2, 0.25) is 11.8 Å². The summed E-state index contributed by atoms with van der Waals surface area (Å²) < 4.78 is 16.8. The molecule has 1 saturated heterocycles. The maximum absolute atomic E-state index is 13.5. The number of ether oxygens (including phenoxy) is 3. The molecule has 1 aliphatic rings. The van der Waals surface area contributed by atoms with E-state index in [0.29, 0.717) is 0 Å². The highest BCUT2D eigenvalue weighted by atomic mass is 16.7. The van der Waals surface area contributed by atoms with Crippen LogP contribution in [0, 0.1) is 5.92 Å². The third kappa shape index (κ3) is 11.7. The second-order valence-electron chi connectivity index (χ2n) is 12.6. The third-order valence-electron chi connectivity index (χ3n) is 7.03. The second kappa shape index (κ2) is 16.7. The number of amides is 3. The van der Waals surface area contributed by atoms with Crippen molar-refractivity contribution in [3.8, 4) is 0 Å². The van der Waals surface area contributed by atoms with Gasteiger partial charge in [0.1, 0.15) is 42.1 Å². The zero-order valence-electron chi connectivity index (χ0n) is 26.5. The Bertz CT molecular complexity index is 1220. The Morgan fingerprint density at radius 1 is 0.822 bits per heavy atom. The van der Waals surface area contributed by atoms with Crippen molar-refractivity contribution in [2.75, 3.05) is 6.54 Å². The van der Waals surface area contributed by atoms with Crippen LogP contribution in [0.2, 0.25) is 0 Å². The first kappa shape index (κ1) is 35.9. The lowest BCUT2D eigenvalue weighted by atomic mass is 9.98. The fourth-order valence-electron chi connectivity index (χ4n) is 4.78. The minimum Gasteiger partial charge on any atom is -0.444 e. The Balaban J connectivity index is 1.67. The molecule has 1 aliphatic heterocycles. The van der Waals surface area contributed by atoms with E-state index >= 15 is 0 Å². The van der Waals surface area contributed by atoms with Crippen LogP contribution in [0.4, 0.5) is 4.79 Å². The van der Waals surface area contributed by atoms with Gasteiger partial charge in [-0.1, -0.05) is 74.5 Å². The summed E-state index contributed by atoms with van der Waals surface area (Å²) in [6.45, 7) is 8.79. The molecule has 7 atom stereocenters. The van der Waals surface area contributed by atoms with E-state index in [9.17, 15) is 29.7 Å². The number of aliphatic hydroxyl groups excluding tert-OH is 3. The van der Waals surface area contributed by atoms with E-state index in [2.05, 4.69) is 16.0 Å². The molecule has 3 amide bonds. The molecule has 0 unspecified atom stereocenters. The molecule has 248 valence electrons. The lowest BCUT2D eigenvalue weighted by molar-refractivity contribution is -0.298. The average molecular weight is 630 g/mol. The molecule has 0 saturated carbocycles. The molecule has 0 bridgehead atoms. The molecule has 0 spiro atoms. The van der Waals surface area contributed by atoms with Crippen LogP contribution in [0.3, 0.4) is 0 Å². The average Bonchev–Trinajstić information content (AvgIpc) is 2.98. The molecule has 45 heavy (non-hydrogen) atoms. The number of benzene rings is 2. The Kier molecular flexibility index (Phi) is 13.3. The smallest absolute Gasteiger partial charge is 0.408 e. The highest BCUT2D eigenvalue weighted by Crippen LogP contribution is 2.23. The molecule has 12 heteroatoms. The van der Waals surface area contributed by atoms with Gasteiger partial charge in [-0.05, 0) is 44.2 Å².